The van der Waals surface area contributed by atoms with E-state index in [0.717, 1.165) is 38.2 Å². The monoisotopic (exact) mass is 350 g/mol. The van der Waals surface area contributed by atoms with Gasteiger partial charge in [-0.05, 0) is 36.5 Å². The molecule has 0 saturated heterocycles. The second-order valence-electron chi connectivity index (χ2n) is 6.58. The Bertz CT molecular complexity index is 487. The summed E-state index contributed by atoms with van der Waals surface area (Å²) in [5.74, 6) is 1.05. The molecule has 0 spiro atoms. The standard InChI is InChI=1S/C21H34O4/c1-3-5-7-18-15-19-8-10-25-21(19)20(16-18)17-24-14-13-23-12-11-22-9-6-4-2/h15-16H,3-14,17H2,1-2H3. The van der Waals surface area contributed by atoms with Crippen LogP contribution in [0.4, 0.5) is 0 Å². The van der Waals surface area contributed by atoms with E-state index in [9.17, 15) is 0 Å². The average Bonchev–Trinajstić information content (AvgIpc) is 3.10. The van der Waals surface area contributed by atoms with Gasteiger partial charge in [0.1, 0.15) is 5.75 Å². The Morgan fingerprint density at radius 1 is 0.880 bits per heavy atom. The second-order valence-corrected chi connectivity index (χ2v) is 6.58. The summed E-state index contributed by atoms with van der Waals surface area (Å²) in [6.07, 6.45) is 6.89. The molecule has 1 aliphatic heterocycles. The van der Waals surface area contributed by atoms with E-state index in [1.165, 1.54) is 36.0 Å². The van der Waals surface area contributed by atoms with Gasteiger partial charge >= 0.3 is 0 Å². The fourth-order valence-corrected chi connectivity index (χ4v) is 2.96. The van der Waals surface area contributed by atoms with Crippen LogP contribution >= 0.6 is 0 Å². The van der Waals surface area contributed by atoms with E-state index in [1.807, 2.05) is 0 Å². The molecule has 142 valence electrons. The van der Waals surface area contributed by atoms with Crippen molar-refractivity contribution in [3.05, 3.63) is 28.8 Å². The molecule has 25 heavy (non-hydrogen) atoms. The third-order valence-corrected chi connectivity index (χ3v) is 4.38. The molecule has 0 unspecified atom stereocenters. The van der Waals surface area contributed by atoms with Crippen molar-refractivity contribution in [1.82, 2.24) is 0 Å². The van der Waals surface area contributed by atoms with Crippen molar-refractivity contribution in [3.8, 4) is 5.75 Å². The molecule has 0 saturated carbocycles. The van der Waals surface area contributed by atoms with Crippen LogP contribution in [-0.4, -0.2) is 39.6 Å². The van der Waals surface area contributed by atoms with Crippen LogP contribution in [0.1, 0.15) is 56.2 Å². The molecular formula is C21H34O4. The number of hydrogen-bond donors (Lipinski definition) is 0. The third-order valence-electron chi connectivity index (χ3n) is 4.38. The van der Waals surface area contributed by atoms with Crippen molar-refractivity contribution >= 4 is 0 Å². The van der Waals surface area contributed by atoms with Gasteiger partial charge in [0, 0.05) is 18.6 Å². The highest BCUT2D eigenvalue weighted by atomic mass is 16.5. The van der Waals surface area contributed by atoms with Gasteiger partial charge in [0.15, 0.2) is 0 Å². The number of unbranched alkanes of at least 4 members (excludes halogenated alkanes) is 2. The fourth-order valence-electron chi connectivity index (χ4n) is 2.96. The van der Waals surface area contributed by atoms with Crippen LogP contribution in [0.25, 0.3) is 0 Å². The van der Waals surface area contributed by atoms with Crippen molar-refractivity contribution in [1.29, 1.82) is 0 Å². The van der Waals surface area contributed by atoms with Gasteiger partial charge in [0.2, 0.25) is 0 Å². The molecule has 0 bridgehead atoms. The molecule has 1 aromatic rings. The summed E-state index contributed by atoms with van der Waals surface area (Å²) in [7, 11) is 0. The Morgan fingerprint density at radius 2 is 1.60 bits per heavy atom. The minimum absolute atomic E-state index is 0.596. The van der Waals surface area contributed by atoms with E-state index in [-0.39, 0.29) is 0 Å². The largest absolute Gasteiger partial charge is 0.493 e. The zero-order chi connectivity index (χ0) is 17.7. The van der Waals surface area contributed by atoms with Gasteiger partial charge in [-0.2, -0.15) is 0 Å². The smallest absolute Gasteiger partial charge is 0.128 e. The third kappa shape index (κ3) is 7.35. The SMILES string of the molecule is CCCCOCCOCCOCc1cc(CCCC)cc2c1OCC2. The van der Waals surface area contributed by atoms with Gasteiger partial charge < -0.3 is 18.9 Å². The number of benzene rings is 1. The van der Waals surface area contributed by atoms with E-state index in [0.29, 0.717) is 33.0 Å². The molecule has 0 amide bonds. The Labute approximate surface area is 152 Å². The van der Waals surface area contributed by atoms with E-state index < -0.39 is 0 Å². The number of hydrogen-bond acceptors (Lipinski definition) is 4. The average molecular weight is 350 g/mol. The Morgan fingerprint density at radius 3 is 2.36 bits per heavy atom. The lowest BCUT2D eigenvalue weighted by molar-refractivity contribution is 0.00991. The molecule has 0 radical (unpaired) electrons. The summed E-state index contributed by atoms with van der Waals surface area (Å²) in [5, 5.41) is 0. The Hall–Kier alpha value is -1.10. The Balaban J connectivity index is 1.66. The lowest BCUT2D eigenvalue weighted by Crippen LogP contribution is -2.10. The number of fused-ring (bicyclic) bond motifs is 1. The van der Waals surface area contributed by atoms with Crippen molar-refractivity contribution < 1.29 is 18.9 Å². The summed E-state index contributed by atoms with van der Waals surface area (Å²) < 4.78 is 22.6. The highest BCUT2D eigenvalue weighted by molar-refractivity contribution is 5.46. The maximum atomic E-state index is 5.80. The molecular weight excluding hydrogens is 316 g/mol. The molecule has 4 heteroatoms. The topological polar surface area (TPSA) is 36.9 Å². The van der Waals surface area contributed by atoms with E-state index in [2.05, 4.69) is 26.0 Å². The number of rotatable bonds is 14. The molecule has 0 fully saturated rings. The number of ether oxygens (including phenoxy) is 4. The van der Waals surface area contributed by atoms with Crippen molar-refractivity contribution in [2.45, 2.75) is 59.0 Å². The van der Waals surface area contributed by atoms with Gasteiger partial charge in [0.25, 0.3) is 0 Å². The molecule has 4 nitrogen and oxygen atoms in total. The van der Waals surface area contributed by atoms with Crippen LogP contribution in [0.2, 0.25) is 0 Å². The molecule has 0 atom stereocenters. The summed E-state index contributed by atoms with van der Waals surface area (Å²) in [6, 6.07) is 4.56. The van der Waals surface area contributed by atoms with Gasteiger partial charge in [-0.3, -0.25) is 0 Å². The Kier molecular flexibility index (Phi) is 9.93. The van der Waals surface area contributed by atoms with Crippen molar-refractivity contribution in [2.75, 3.05) is 39.6 Å². The first-order valence-corrected chi connectivity index (χ1v) is 9.85. The zero-order valence-corrected chi connectivity index (χ0v) is 16.0. The predicted molar refractivity (Wildman–Crippen MR) is 100 cm³/mol. The fraction of sp³-hybridized carbons (Fsp3) is 0.714. The van der Waals surface area contributed by atoms with Crippen LogP contribution in [0.15, 0.2) is 12.1 Å². The van der Waals surface area contributed by atoms with Crippen molar-refractivity contribution in [2.24, 2.45) is 0 Å². The predicted octanol–water partition coefficient (Wildman–Crippen LogP) is 4.31. The highest BCUT2D eigenvalue weighted by Gasteiger charge is 2.17. The summed E-state index contributed by atoms with van der Waals surface area (Å²) in [5.41, 5.74) is 3.93. The molecule has 2 rings (SSSR count). The van der Waals surface area contributed by atoms with Gasteiger partial charge in [-0.25, -0.2) is 0 Å². The highest BCUT2D eigenvalue weighted by Crippen LogP contribution is 2.32. The zero-order valence-electron chi connectivity index (χ0n) is 16.0. The minimum atomic E-state index is 0.596. The minimum Gasteiger partial charge on any atom is -0.493 e. The molecule has 0 N–H and O–H groups in total. The maximum absolute atomic E-state index is 5.80. The first-order chi connectivity index (χ1) is 12.3. The van der Waals surface area contributed by atoms with Crippen LogP contribution in [0.3, 0.4) is 0 Å². The molecule has 0 aliphatic carbocycles. The molecule has 1 aromatic carbocycles. The lowest BCUT2D eigenvalue weighted by Gasteiger charge is -2.12. The normalized spacial score (nSPS) is 13.0. The van der Waals surface area contributed by atoms with Crippen LogP contribution < -0.4 is 4.74 Å². The molecule has 0 aromatic heterocycles. The molecule has 1 aliphatic rings. The van der Waals surface area contributed by atoms with Crippen LogP contribution in [0, 0.1) is 0 Å². The maximum Gasteiger partial charge on any atom is 0.128 e. The van der Waals surface area contributed by atoms with Gasteiger partial charge in [-0.1, -0.05) is 32.8 Å². The lowest BCUT2D eigenvalue weighted by atomic mass is 10.00. The van der Waals surface area contributed by atoms with Crippen LogP contribution in [0.5, 0.6) is 5.75 Å². The van der Waals surface area contributed by atoms with E-state index >= 15 is 0 Å². The molecule has 1 heterocycles. The summed E-state index contributed by atoms with van der Waals surface area (Å²) >= 11 is 0. The van der Waals surface area contributed by atoms with E-state index in [4.69, 9.17) is 18.9 Å². The second kappa shape index (κ2) is 12.3. The van der Waals surface area contributed by atoms with Crippen LogP contribution in [-0.2, 0) is 33.7 Å². The van der Waals surface area contributed by atoms with Crippen molar-refractivity contribution in [3.63, 3.8) is 0 Å². The quantitative estimate of drug-likeness (QED) is 0.468. The number of aryl methyl sites for hydroxylation is 1. The first-order valence-electron chi connectivity index (χ1n) is 9.85. The van der Waals surface area contributed by atoms with Gasteiger partial charge in [-0.15, -0.1) is 0 Å². The first kappa shape index (κ1) is 20.2. The van der Waals surface area contributed by atoms with E-state index in [1.54, 1.807) is 0 Å². The van der Waals surface area contributed by atoms with Gasteiger partial charge in [0.05, 0.1) is 39.6 Å². The summed E-state index contributed by atoms with van der Waals surface area (Å²) in [6.45, 7) is 9.12. The summed E-state index contributed by atoms with van der Waals surface area (Å²) in [4.78, 5) is 0.